The second kappa shape index (κ2) is 6.46. The van der Waals surface area contributed by atoms with Gasteiger partial charge in [0, 0.05) is 29.7 Å². The summed E-state index contributed by atoms with van der Waals surface area (Å²) in [7, 11) is 0. The number of hydrogen-bond donors (Lipinski definition) is 1. The molecule has 3 rings (SSSR count). The Kier molecular flexibility index (Phi) is 4.41. The van der Waals surface area contributed by atoms with Crippen molar-refractivity contribution in [3.05, 3.63) is 74.3 Å². The van der Waals surface area contributed by atoms with Crippen molar-refractivity contribution in [1.29, 1.82) is 0 Å². The van der Waals surface area contributed by atoms with Crippen molar-refractivity contribution in [3.8, 4) is 0 Å². The van der Waals surface area contributed by atoms with Crippen molar-refractivity contribution in [1.82, 2.24) is 5.32 Å². The molecule has 1 N–H and O–H groups in total. The van der Waals surface area contributed by atoms with E-state index in [1.807, 2.05) is 30.3 Å². The van der Waals surface area contributed by atoms with E-state index in [4.69, 9.17) is 11.6 Å². The van der Waals surface area contributed by atoms with Gasteiger partial charge in [-0.3, -0.25) is 10.1 Å². The van der Waals surface area contributed by atoms with Crippen LogP contribution >= 0.6 is 11.6 Å². The highest BCUT2D eigenvalue weighted by Gasteiger charge is 2.20. The first-order valence-corrected chi connectivity index (χ1v) is 7.73. The first-order valence-electron chi connectivity index (χ1n) is 7.36. The van der Waals surface area contributed by atoms with E-state index in [0.29, 0.717) is 6.04 Å². The third-order valence-electron chi connectivity index (χ3n) is 4.11. The molecule has 1 unspecified atom stereocenters. The van der Waals surface area contributed by atoms with Crippen LogP contribution in [0, 0.1) is 10.1 Å². The SMILES string of the molecule is O=[N+]([O-])c1ccc2c(c1)CC(NCc1cccc(Cl)c1)CC2. The first kappa shape index (κ1) is 15.0. The number of rotatable bonds is 4. The summed E-state index contributed by atoms with van der Waals surface area (Å²) in [5.74, 6) is 0. The summed E-state index contributed by atoms with van der Waals surface area (Å²) in [6.45, 7) is 0.759. The normalized spacial score (nSPS) is 17.0. The number of nitrogens with one attached hydrogen (secondary N) is 1. The first-order chi connectivity index (χ1) is 10.6. The lowest BCUT2D eigenvalue weighted by Crippen LogP contribution is -2.34. The quantitative estimate of drug-likeness (QED) is 0.687. The Bertz CT molecular complexity index is 703. The molecule has 5 heteroatoms. The van der Waals surface area contributed by atoms with Gasteiger partial charge in [0.1, 0.15) is 0 Å². The fraction of sp³-hybridized carbons (Fsp3) is 0.294. The predicted octanol–water partition coefficient (Wildman–Crippen LogP) is 3.90. The van der Waals surface area contributed by atoms with Crippen LogP contribution in [-0.4, -0.2) is 11.0 Å². The van der Waals surface area contributed by atoms with Crippen LogP contribution in [0.5, 0.6) is 0 Å². The summed E-state index contributed by atoms with van der Waals surface area (Å²) in [6, 6.07) is 13.3. The zero-order valence-electron chi connectivity index (χ0n) is 12.1. The van der Waals surface area contributed by atoms with E-state index in [9.17, 15) is 10.1 Å². The molecule has 0 heterocycles. The largest absolute Gasteiger partial charge is 0.310 e. The summed E-state index contributed by atoms with van der Waals surface area (Å²) in [6.07, 6.45) is 2.84. The molecule has 0 aromatic heterocycles. The highest BCUT2D eigenvalue weighted by molar-refractivity contribution is 6.30. The molecule has 0 saturated heterocycles. The van der Waals surface area contributed by atoms with Gasteiger partial charge in [-0.2, -0.15) is 0 Å². The van der Waals surface area contributed by atoms with E-state index in [0.717, 1.165) is 42.0 Å². The topological polar surface area (TPSA) is 55.2 Å². The lowest BCUT2D eigenvalue weighted by atomic mass is 9.88. The molecule has 0 radical (unpaired) electrons. The minimum Gasteiger partial charge on any atom is -0.310 e. The van der Waals surface area contributed by atoms with E-state index < -0.39 is 0 Å². The molecular weight excluding hydrogens is 300 g/mol. The van der Waals surface area contributed by atoms with Gasteiger partial charge in [0.25, 0.3) is 5.69 Å². The molecule has 0 aliphatic heterocycles. The highest BCUT2D eigenvalue weighted by Crippen LogP contribution is 2.25. The van der Waals surface area contributed by atoms with Crippen LogP contribution in [0.4, 0.5) is 5.69 Å². The number of non-ortho nitro benzene ring substituents is 1. The molecule has 0 saturated carbocycles. The number of nitro benzene ring substituents is 1. The van der Waals surface area contributed by atoms with Crippen LogP contribution in [0.2, 0.25) is 5.02 Å². The molecule has 2 aromatic carbocycles. The van der Waals surface area contributed by atoms with E-state index in [-0.39, 0.29) is 10.6 Å². The summed E-state index contributed by atoms with van der Waals surface area (Å²) in [5.41, 5.74) is 3.64. The number of aryl methyl sites for hydroxylation is 1. The van der Waals surface area contributed by atoms with E-state index in [1.165, 1.54) is 5.56 Å². The zero-order valence-corrected chi connectivity index (χ0v) is 12.8. The smallest absolute Gasteiger partial charge is 0.269 e. The summed E-state index contributed by atoms with van der Waals surface area (Å²) >= 11 is 5.99. The van der Waals surface area contributed by atoms with Gasteiger partial charge in [0.2, 0.25) is 0 Å². The molecule has 0 fully saturated rings. The van der Waals surface area contributed by atoms with Crippen molar-refractivity contribution in [3.63, 3.8) is 0 Å². The lowest BCUT2D eigenvalue weighted by molar-refractivity contribution is -0.384. The van der Waals surface area contributed by atoms with Gasteiger partial charge < -0.3 is 5.32 Å². The van der Waals surface area contributed by atoms with Crippen LogP contribution in [0.25, 0.3) is 0 Å². The van der Waals surface area contributed by atoms with Crippen molar-refractivity contribution in [2.45, 2.75) is 31.8 Å². The molecular formula is C17H17ClN2O2. The third-order valence-corrected chi connectivity index (χ3v) is 4.35. The van der Waals surface area contributed by atoms with Gasteiger partial charge in [0.05, 0.1) is 4.92 Å². The number of fused-ring (bicyclic) bond motifs is 1. The van der Waals surface area contributed by atoms with Gasteiger partial charge in [-0.05, 0) is 48.1 Å². The predicted molar refractivity (Wildman–Crippen MR) is 87.2 cm³/mol. The van der Waals surface area contributed by atoms with Gasteiger partial charge >= 0.3 is 0 Å². The Morgan fingerprint density at radius 1 is 1.23 bits per heavy atom. The van der Waals surface area contributed by atoms with Crippen molar-refractivity contribution in [2.24, 2.45) is 0 Å². The molecule has 22 heavy (non-hydrogen) atoms. The summed E-state index contributed by atoms with van der Waals surface area (Å²) < 4.78 is 0. The summed E-state index contributed by atoms with van der Waals surface area (Å²) in [4.78, 5) is 10.6. The van der Waals surface area contributed by atoms with Crippen LogP contribution < -0.4 is 5.32 Å². The van der Waals surface area contributed by atoms with Crippen LogP contribution in [0.15, 0.2) is 42.5 Å². The Labute approximate surface area is 134 Å². The Morgan fingerprint density at radius 3 is 2.86 bits per heavy atom. The number of nitrogens with zero attached hydrogens (tertiary/aromatic N) is 1. The fourth-order valence-electron chi connectivity index (χ4n) is 2.94. The molecule has 0 amide bonds. The fourth-order valence-corrected chi connectivity index (χ4v) is 3.15. The van der Waals surface area contributed by atoms with Crippen LogP contribution in [0.1, 0.15) is 23.1 Å². The molecule has 0 bridgehead atoms. The molecule has 1 aliphatic rings. The zero-order chi connectivity index (χ0) is 15.5. The number of hydrogen-bond acceptors (Lipinski definition) is 3. The standard InChI is InChI=1S/C17H17ClN2O2/c18-15-3-1-2-12(8-15)11-19-16-6-4-13-5-7-17(20(21)22)10-14(13)9-16/h1-3,5,7-8,10,16,19H,4,6,9,11H2. The average molecular weight is 317 g/mol. The molecule has 2 aromatic rings. The van der Waals surface area contributed by atoms with Gasteiger partial charge in [-0.25, -0.2) is 0 Å². The maximum absolute atomic E-state index is 10.9. The van der Waals surface area contributed by atoms with Crippen molar-refractivity contribution in [2.75, 3.05) is 0 Å². The van der Waals surface area contributed by atoms with E-state index in [2.05, 4.69) is 5.32 Å². The Morgan fingerprint density at radius 2 is 2.09 bits per heavy atom. The highest BCUT2D eigenvalue weighted by atomic mass is 35.5. The van der Waals surface area contributed by atoms with Crippen molar-refractivity contribution >= 4 is 17.3 Å². The number of nitro groups is 1. The number of halogens is 1. The average Bonchev–Trinajstić information content (AvgIpc) is 2.52. The Balaban J connectivity index is 1.66. The molecule has 114 valence electrons. The van der Waals surface area contributed by atoms with Gasteiger partial charge in [0.15, 0.2) is 0 Å². The minimum atomic E-state index is -0.330. The van der Waals surface area contributed by atoms with Crippen LogP contribution in [-0.2, 0) is 19.4 Å². The van der Waals surface area contributed by atoms with Gasteiger partial charge in [-0.1, -0.05) is 29.8 Å². The molecule has 1 atom stereocenters. The Hall–Kier alpha value is -1.91. The minimum absolute atomic E-state index is 0.175. The maximum Gasteiger partial charge on any atom is 0.269 e. The second-order valence-electron chi connectivity index (χ2n) is 5.66. The second-order valence-corrected chi connectivity index (χ2v) is 6.10. The lowest BCUT2D eigenvalue weighted by Gasteiger charge is -2.25. The van der Waals surface area contributed by atoms with E-state index >= 15 is 0 Å². The van der Waals surface area contributed by atoms with E-state index in [1.54, 1.807) is 12.1 Å². The molecule has 4 nitrogen and oxygen atoms in total. The van der Waals surface area contributed by atoms with Gasteiger partial charge in [-0.15, -0.1) is 0 Å². The van der Waals surface area contributed by atoms with Crippen LogP contribution in [0.3, 0.4) is 0 Å². The van der Waals surface area contributed by atoms with Crippen molar-refractivity contribution < 1.29 is 4.92 Å². The monoisotopic (exact) mass is 316 g/mol. The maximum atomic E-state index is 10.9. The third kappa shape index (κ3) is 3.46. The molecule has 1 aliphatic carbocycles. The number of benzene rings is 2. The molecule has 0 spiro atoms. The summed E-state index contributed by atoms with van der Waals surface area (Å²) in [5, 5.41) is 15.2.